The first-order valence-corrected chi connectivity index (χ1v) is 23.8. The van der Waals surface area contributed by atoms with E-state index in [1.807, 2.05) is 39.9 Å². The van der Waals surface area contributed by atoms with Crippen LogP contribution in [0.1, 0.15) is 134 Å². The van der Waals surface area contributed by atoms with Crippen LogP contribution in [0.4, 0.5) is 0 Å². The second-order valence-corrected chi connectivity index (χ2v) is 20.1. The Hall–Kier alpha value is -1.54. The third-order valence-corrected chi connectivity index (χ3v) is 14.2. The van der Waals surface area contributed by atoms with E-state index in [1.165, 1.54) is 39.7 Å². The van der Waals surface area contributed by atoms with Gasteiger partial charge in [0.05, 0.1) is 53.4 Å². The highest BCUT2D eigenvalue weighted by Crippen LogP contribution is 2.41. The number of ether oxygens (including phenoxy) is 6. The van der Waals surface area contributed by atoms with E-state index in [4.69, 9.17) is 33.3 Å². The zero-order valence-corrected chi connectivity index (χ0v) is 41.5. The van der Waals surface area contributed by atoms with Gasteiger partial charge in [0.2, 0.25) is 0 Å². The van der Waals surface area contributed by atoms with E-state index in [0.717, 1.165) is 13.0 Å². The molecule has 63 heavy (non-hydrogen) atoms. The predicted octanol–water partition coefficient (Wildman–Crippen LogP) is 4.49. The Balaban J connectivity index is 2.15. The van der Waals surface area contributed by atoms with Crippen LogP contribution in [0, 0.1) is 23.7 Å². The maximum atomic E-state index is 14.4. The molecule has 0 aromatic heterocycles. The molecule has 18 atom stereocenters. The van der Waals surface area contributed by atoms with Crippen molar-refractivity contribution >= 4 is 11.7 Å². The molecule has 0 saturated carbocycles. The minimum atomic E-state index is -1.94. The molecule has 3 heterocycles. The maximum Gasteiger partial charge on any atom is 0.311 e. The number of esters is 1. The SMILES string of the molecule is CCCCCCCN(C)CCO/N=C1\[C@H](C)C[C@@](C)(O)[C@H](OC2OC(C)CC(N(C)C)C2O)[C@@H](C)[C@H](OC2CC(C)(OC)C(O)C(C)O2)[C@@H](C)C(=O)O[C@H](CC)[C@@](C)(O)[C@H](O)[C@H]1C. The van der Waals surface area contributed by atoms with Gasteiger partial charge in [-0.3, -0.25) is 4.79 Å². The number of oxime groups is 1. The first-order chi connectivity index (χ1) is 29.4. The molecule has 3 aliphatic rings. The molecule has 3 fully saturated rings. The van der Waals surface area contributed by atoms with E-state index in [9.17, 15) is 30.3 Å². The van der Waals surface area contributed by atoms with Crippen molar-refractivity contribution < 1.29 is 63.6 Å². The van der Waals surface area contributed by atoms with E-state index >= 15 is 0 Å². The number of likely N-dealkylation sites (N-methyl/N-ethyl adjacent to an activating group) is 2. The topological polar surface area (TPSA) is 202 Å². The Morgan fingerprint density at radius 1 is 0.841 bits per heavy atom. The Morgan fingerprint density at radius 2 is 1.49 bits per heavy atom. The zero-order chi connectivity index (χ0) is 47.6. The van der Waals surface area contributed by atoms with E-state index in [-0.39, 0.29) is 38.0 Å². The molecule has 0 radical (unpaired) electrons. The average molecular weight is 904 g/mol. The van der Waals surface area contributed by atoms with Gasteiger partial charge in [0, 0.05) is 43.9 Å². The highest BCUT2D eigenvalue weighted by Gasteiger charge is 2.53. The lowest BCUT2D eigenvalue weighted by Crippen LogP contribution is -2.61. The number of rotatable bonds is 17. The number of aliphatic hydroxyl groups excluding tert-OH is 3. The fraction of sp³-hybridized carbons (Fsp3) is 0.957. The van der Waals surface area contributed by atoms with Crippen LogP contribution in [-0.2, 0) is 38.1 Å². The minimum Gasteiger partial charge on any atom is -0.459 e. The van der Waals surface area contributed by atoms with E-state index < -0.39 is 102 Å². The lowest BCUT2D eigenvalue weighted by atomic mass is 9.73. The molecule has 0 amide bonds. The molecule has 16 nitrogen and oxygen atoms in total. The first-order valence-electron chi connectivity index (χ1n) is 23.8. The van der Waals surface area contributed by atoms with Crippen molar-refractivity contribution in [3.8, 4) is 0 Å². The van der Waals surface area contributed by atoms with Crippen molar-refractivity contribution in [2.75, 3.05) is 47.9 Å². The number of hydrogen-bond acceptors (Lipinski definition) is 16. The van der Waals surface area contributed by atoms with Crippen LogP contribution in [-0.4, -0.2) is 179 Å². The van der Waals surface area contributed by atoms with Gasteiger partial charge in [0.1, 0.15) is 30.5 Å². The fourth-order valence-electron chi connectivity index (χ4n) is 10.0. The molecule has 5 N–H and O–H groups in total. The van der Waals surface area contributed by atoms with Gasteiger partial charge in [-0.05, 0) is 94.9 Å². The normalized spacial score (nSPS) is 43.2. The monoisotopic (exact) mass is 904 g/mol. The average Bonchev–Trinajstić information content (AvgIpc) is 3.21. The third kappa shape index (κ3) is 14.5. The molecule has 0 spiro atoms. The number of carbonyl (C=O) groups is 1. The summed E-state index contributed by atoms with van der Waals surface area (Å²) in [5.41, 5.74) is -4.32. The summed E-state index contributed by atoms with van der Waals surface area (Å²) < 4.78 is 38.0. The van der Waals surface area contributed by atoms with Gasteiger partial charge in [0.25, 0.3) is 0 Å². The van der Waals surface area contributed by atoms with Crippen LogP contribution >= 0.6 is 0 Å². The lowest BCUT2D eigenvalue weighted by molar-refractivity contribution is -0.317. The summed E-state index contributed by atoms with van der Waals surface area (Å²) >= 11 is 0. The van der Waals surface area contributed by atoms with Gasteiger partial charge in [0.15, 0.2) is 12.6 Å². The summed E-state index contributed by atoms with van der Waals surface area (Å²) in [4.78, 5) is 24.5. The van der Waals surface area contributed by atoms with Crippen LogP contribution < -0.4 is 0 Å². The number of aliphatic hydroxyl groups is 5. The van der Waals surface area contributed by atoms with Gasteiger partial charge in [-0.15, -0.1) is 0 Å². The van der Waals surface area contributed by atoms with Gasteiger partial charge in [-0.2, -0.15) is 0 Å². The molecule has 0 aromatic carbocycles. The molecule has 0 bridgehead atoms. The lowest BCUT2D eigenvalue weighted by Gasteiger charge is -2.49. The van der Waals surface area contributed by atoms with Crippen LogP contribution in [0.3, 0.4) is 0 Å². The molecule has 3 saturated heterocycles. The molecule has 8 unspecified atom stereocenters. The summed E-state index contributed by atoms with van der Waals surface area (Å²) in [6.07, 6.45) is -3.31. The standard InChI is InChI=1S/C47H89N3O13/c1-16-18-19-20-21-22-50(14)23-24-58-48-37-28(3)26-45(9,55)42(63-44-38(51)34(49(12)13)25-29(4)59-44)31(6)39(62-36-27-46(10,57-15)41(53)33(8)60-36)32(7)43(54)61-35(17-2)47(11,56)40(52)30(37)5/h28-36,38-42,44,51-53,55-56H,16-27H2,1-15H3/b48-37+/t28-,29?,30+,31+,32-,33?,34?,35-,36?,38?,39+,40-,41?,42-,44?,45-,46?,47-/m1/s1. The highest BCUT2D eigenvalue weighted by molar-refractivity contribution is 5.88. The van der Waals surface area contributed by atoms with Gasteiger partial charge < -0.3 is 68.6 Å². The smallest absolute Gasteiger partial charge is 0.311 e. The molecular weight excluding hydrogens is 815 g/mol. The molecule has 0 aliphatic carbocycles. The van der Waals surface area contributed by atoms with Gasteiger partial charge >= 0.3 is 5.97 Å². The van der Waals surface area contributed by atoms with E-state index in [2.05, 4.69) is 17.0 Å². The summed E-state index contributed by atoms with van der Waals surface area (Å²) in [6, 6.07) is -0.315. The van der Waals surface area contributed by atoms with E-state index in [0.29, 0.717) is 18.7 Å². The van der Waals surface area contributed by atoms with Gasteiger partial charge in [-0.25, -0.2) is 0 Å². The molecule has 0 aromatic rings. The van der Waals surface area contributed by atoms with Crippen molar-refractivity contribution in [1.82, 2.24) is 9.80 Å². The quantitative estimate of drug-likeness (QED) is 0.0776. The molecule has 16 heteroatoms. The zero-order valence-electron chi connectivity index (χ0n) is 41.5. The Kier molecular flexibility index (Phi) is 21.7. The highest BCUT2D eigenvalue weighted by atomic mass is 16.7. The third-order valence-electron chi connectivity index (χ3n) is 14.2. The summed E-state index contributed by atoms with van der Waals surface area (Å²) in [5.74, 6) is -3.96. The Bertz CT molecular complexity index is 1400. The number of unbranched alkanes of at least 4 members (excludes halogenated alkanes) is 4. The van der Waals surface area contributed by atoms with Crippen LogP contribution in [0.15, 0.2) is 5.16 Å². The number of cyclic esters (lactones) is 1. The number of carbonyl (C=O) groups excluding carboxylic acids is 1. The van der Waals surface area contributed by atoms with Crippen molar-refractivity contribution in [1.29, 1.82) is 0 Å². The first kappa shape index (κ1) is 55.8. The maximum absolute atomic E-state index is 14.4. The predicted molar refractivity (Wildman–Crippen MR) is 241 cm³/mol. The van der Waals surface area contributed by atoms with Crippen molar-refractivity contribution in [3.63, 3.8) is 0 Å². The number of hydrogen-bond donors (Lipinski definition) is 5. The van der Waals surface area contributed by atoms with Gasteiger partial charge in [-0.1, -0.05) is 65.5 Å². The minimum absolute atomic E-state index is 0.0181. The van der Waals surface area contributed by atoms with Crippen molar-refractivity contribution in [2.45, 2.75) is 218 Å². The van der Waals surface area contributed by atoms with Crippen LogP contribution in [0.2, 0.25) is 0 Å². The fourth-order valence-corrected chi connectivity index (χ4v) is 10.0. The molecule has 370 valence electrons. The second kappa shape index (κ2) is 24.5. The molecular formula is C47H89N3O13. The molecule has 3 rings (SSSR count). The Morgan fingerprint density at radius 3 is 2.10 bits per heavy atom. The number of nitrogens with zero attached hydrogens (tertiary/aromatic N) is 3. The largest absolute Gasteiger partial charge is 0.459 e. The van der Waals surface area contributed by atoms with Crippen LogP contribution in [0.5, 0.6) is 0 Å². The summed E-state index contributed by atoms with van der Waals surface area (Å²) in [7, 11) is 7.31. The Labute approximate surface area is 379 Å². The summed E-state index contributed by atoms with van der Waals surface area (Å²) in [6.45, 7) is 21.3. The number of methoxy groups -OCH3 is 1. The second-order valence-electron chi connectivity index (χ2n) is 20.1. The van der Waals surface area contributed by atoms with E-state index in [1.54, 1.807) is 48.5 Å². The molecule has 3 aliphatic heterocycles. The van der Waals surface area contributed by atoms with Crippen LogP contribution in [0.25, 0.3) is 0 Å². The van der Waals surface area contributed by atoms with Crippen molar-refractivity contribution in [3.05, 3.63) is 0 Å². The van der Waals surface area contributed by atoms with Crippen molar-refractivity contribution in [2.24, 2.45) is 28.8 Å². The summed E-state index contributed by atoms with van der Waals surface area (Å²) in [5, 5.41) is 64.4.